The number of esters is 1. The highest BCUT2D eigenvalue weighted by atomic mass is 79.9. The molecule has 4 aromatic carbocycles. The Balaban J connectivity index is 0.000000144. The summed E-state index contributed by atoms with van der Waals surface area (Å²) in [5, 5.41) is 25.2. The Kier molecular flexibility index (Phi) is 17.9. The second-order valence-corrected chi connectivity index (χ2v) is 26.6. The van der Waals surface area contributed by atoms with Gasteiger partial charge in [0.05, 0.1) is 45.1 Å². The number of nitrogens with zero attached hydrogens (tertiary/aromatic N) is 7. The fourth-order valence-corrected chi connectivity index (χ4v) is 14.6. The van der Waals surface area contributed by atoms with Gasteiger partial charge in [-0.2, -0.15) is 0 Å². The SMILES string of the molecule is CCOC(=O)C=Cc1ccc2[nH]c(C3(N)CCC3)c(C)c2c1.Cn1c(-c2ncc(Br)cn2)c(C2CCCC2)c2ccc(C(=O)NC3(c4[nH]c5ccc(/C=C/C(=O)O)cc5[n+]4C)CCC3)cc21.Cn1c(-c2ncc(Br)cn2)c(C2CCCC2)c2ccc(C(=O)O)cc21. The first-order valence-electron chi connectivity index (χ1n) is 31.3. The first-order chi connectivity index (χ1) is 43.8. The molecule has 6 aromatic heterocycles. The van der Waals surface area contributed by atoms with Gasteiger partial charge in [-0.25, -0.2) is 43.9 Å². The van der Waals surface area contributed by atoms with Gasteiger partial charge in [0.25, 0.3) is 11.7 Å². The standard InChI is InChI=1S/C34H33BrN6O3.C19H18BrN3O2.C18H22N2O2/c1-40-26-17-22(10-11-24(26)29(21-6-3-4-7-21)30(40)31-36-18-23(35)19-37-31)32(44)39-34(14-5-15-34)33-38-25-12-8-20(9-13-28(42)43)16-27(25)41(33)2;1-23-15-8-12(19(24)25)6-7-14(15)16(11-4-2-3-5-11)17(23)18-21-9-13(20)10-22-18;1-3-22-16(21)8-6-13-5-7-15-14(11-13)12(2)17(20-15)18(19)9-4-10-18/h8-13,16-19,21H,3-7,14-15H2,1-2H3,(H2,39,42,43,44);6-11H,2-5H2,1H3,(H,24,25);5-8,11,20H,3-4,9-10,19H2,1-2H3/p+1/b13-9+;;. The third-order valence-corrected chi connectivity index (χ3v) is 19.9. The molecule has 20 heteroatoms. The average Bonchev–Trinajstić information content (AvgIpc) is 1.67. The van der Waals surface area contributed by atoms with Crippen LogP contribution in [-0.2, 0) is 46.5 Å². The first-order valence-corrected chi connectivity index (χ1v) is 32.9. The van der Waals surface area contributed by atoms with Crippen LogP contribution in [0, 0.1) is 6.92 Å². The Morgan fingerprint density at radius 1 is 0.681 bits per heavy atom. The highest BCUT2D eigenvalue weighted by Gasteiger charge is 2.48. The van der Waals surface area contributed by atoms with Crippen molar-refractivity contribution in [2.45, 2.75) is 127 Å². The zero-order chi connectivity index (χ0) is 63.9. The molecule has 4 aliphatic carbocycles. The fourth-order valence-electron chi connectivity index (χ4n) is 14.2. The number of carboxylic acid groups (broad SMARTS) is 2. The summed E-state index contributed by atoms with van der Waals surface area (Å²) in [6, 6.07) is 23.3. The molecule has 4 saturated carbocycles. The summed E-state index contributed by atoms with van der Waals surface area (Å²) in [5.74, 6) is 0.910. The van der Waals surface area contributed by atoms with Crippen LogP contribution >= 0.6 is 31.9 Å². The maximum atomic E-state index is 13.9. The number of nitrogens with two attached hydrogens (primary N) is 1. The van der Waals surface area contributed by atoms with Gasteiger partial charge in [0.1, 0.15) is 5.54 Å². The number of halogens is 2. The smallest absolute Gasteiger partial charge is 0.335 e. The van der Waals surface area contributed by atoms with Crippen LogP contribution in [0.25, 0.3) is 78.9 Å². The van der Waals surface area contributed by atoms with Gasteiger partial charge >= 0.3 is 17.9 Å². The molecule has 0 radical (unpaired) electrons. The van der Waals surface area contributed by atoms with Crippen molar-refractivity contribution in [3.63, 3.8) is 0 Å². The van der Waals surface area contributed by atoms with Crippen molar-refractivity contribution in [2.75, 3.05) is 6.61 Å². The van der Waals surface area contributed by atoms with Gasteiger partial charge in [-0.1, -0.05) is 49.9 Å². The number of H-pyrrole nitrogens is 2. The van der Waals surface area contributed by atoms with Crippen LogP contribution in [0.5, 0.6) is 0 Å². The number of benzene rings is 4. The number of ether oxygens (including phenoxy) is 1. The zero-order valence-electron chi connectivity index (χ0n) is 51.7. The summed E-state index contributed by atoms with van der Waals surface area (Å²) in [6.07, 6.45) is 28.5. The largest absolute Gasteiger partial charge is 0.478 e. The number of aromatic carboxylic acids is 1. The lowest BCUT2D eigenvalue weighted by Crippen LogP contribution is -2.56. The molecule has 7 N–H and O–H groups in total. The Bertz CT molecular complexity index is 4520. The lowest BCUT2D eigenvalue weighted by Gasteiger charge is -2.38. The fraction of sp³-hybridized carbons (Fsp3) is 0.338. The molecule has 0 spiro atoms. The van der Waals surface area contributed by atoms with Crippen LogP contribution in [0.1, 0.15) is 169 Å². The van der Waals surface area contributed by atoms with E-state index in [-0.39, 0.29) is 17.4 Å². The van der Waals surface area contributed by atoms with Gasteiger partial charge < -0.3 is 40.1 Å². The van der Waals surface area contributed by atoms with Crippen molar-refractivity contribution >= 4 is 112 Å². The molecule has 4 fully saturated rings. The molecule has 91 heavy (non-hydrogen) atoms. The Morgan fingerprint density at radius 2 is 1.20 bits per heavy atom. The third-order valence-electron chi connectivity index (χ3n) is 19.1. The van der Waals surface area contributed by atoms with Gasteiger partial charge in [0.15, 0.2) is 22.7 Å². The van der Waals surface area contributed by atoms with E-state index in [0.717, 1.165) is 151 Å². The van der Waals surface area contributed by atoms with Crippen LogP contribution < -0.4 is 15.6 Å². The molecule has 6 heterocycles. The molecule has 468 valence electrons. The van der Waals surface area contributed by atoms with Crippen molar-refractivity contribution in [3.8, 4) is 23.0 Å². The van der Waals surface area contributed by atoms with Gasteiger partial charge in [-0.05, 0) is 210 Å². The highest BCUT2D eigenvalue weighted by Crippen LogP contribution is 2.47. The van der Waals surface area contributed by atoms with Gasteiger partial charge in [0.2, 0.25) is 0 Å². The summed E-state index contributed by atoms with van der Waals surface area (Å²) in [6.45, 7) is 4.30. The molecule has 0 bridgehead atoms. The molecular weight excluding hydrogens is 1280 g/mol. The van der Waals surface area contributed by atoms with Crippen molar-refractivity contribution in [3.05, 3.63) is 169 Å². The van der Waals surface area contributed by atoms with E-state index in [1.165, 1.54) is 54.9 Å². The number of hydrogen-bond donors (Lipinski definition) is 6. The third kappa shape index (κ3) is 12.4. The number of nitrogens with one attached hydrogen (secondary N) is 3. The number of aromatic amines is 2. The number of fused-ring (bicyclic) bond motifs is 4. The van der Waals surface area contributed by atoms with Crippen molar-refractivity contribution in [1.82, 2.24) is 44.4 Å². The molecule has 18 nitrogen and oxygen atoms in total. The highest BCUT2D eigenvalue weighted by molar-refractivity contribution is 9.10. The van der Waals surface area contributed by atoms with Gasteiger partial charge in [-0.3, -0.25) is 4.79 Å². The van der Waals surface area contributed by atoms with Crippen molar-refractivity contribution in [2.24, 2.45) is 26.9 Å². The number of aryl methyl sites for hydroxylation is 4. The minimum Gasteiger partial charge on any atom is -0.478 e. The molecule has 14 rings (SSSR count). The van der Waals surface area contributed by atoms with E-state index >= 15 is 0 Å². The van der Waals surface area contributed by atoms with Crippen LogP contribution in [0.3, 0.4) is 0 Å². The molecule has 0 saturated heterocycles. The van der Waals surface area contributed by atoms with Crippen LogP contribution in [0.4, 0.5) is 0 Å². The number of aliphatic carboxylic acids is 1. The first kappa shape index (κ1) is 62.6. The van der Waals surface area contributed by atoms with E-state index < -0.39 is 17.5 Å². The van der Waals surface area contributed by atoms with E-state index in [2.05, 4.69) is 95.3 Å². The van der Waals surface area contributed by atoms with E-state index in [0.29, 0.717) is 41.2 Å². The summed E-state index contributed by atoms with van der Waals surface area (Å²) in [5.41, 5.74) is 20.3. The summed E-state index contributed by atoms with van der Waals surface area (Å²) >= 11 is 6.84. The maximum absolute atomic E-state index is 13.9. The molecule has 4 aliphatic rings. The topological polar surface area (TPSA) is 253 Å². The van der Waals surface area contributed by atoms with E-state index in [4.69, 9.17) is 15.6 Å². The van der Waals surface area contributed by atoms with Crippen LogP contribution in [0.15, 0.2) is 119 Å². The number of amides is 1. The van der Waals surface area contributed by atoms with Gasteiger partial charge in [-0.15, -0.1) is 0 Å². The predicted molar refractivity (Wildman–Crippen MR) is 360 cm³/mol. The Labute approximate surface area is 543 Å². The normalized spacial score (nSPS) is 16.3. The molecule has 0 aliphatic heterocycles. The van der Waals surface area contributed by atoms with Crippen molar-refractivity contribution < 1.29 is 38.7 Å². The number of imidazole rings is 1. The summed E-state index contributed by atoms with van der Waals surface area (Å²) < 4.78 is 12.8. The van der Waals surface area contributed by atoms with E-state index in [1.54, 1.807) is 56.0 Å². The van der Waals surface area contributed by atoms with Crippen LogP contribution in [0.2, 0.25) is 0 Å². The number of rotatable bonds is 14. The monoisotopic (exact) mass is 1350 g/mol. The minimum absolute atomic E-state index is 0.111. The lowest BCUT2D eigenvalue weighted by atomic mass is 9.74. The number of carbonyl (C=O) groups is 4. The van der Waals surface area contributed by atoms with Crippen molar-refractivity contribution in [1.29, 1.82) is 0 Å². The van der Waals surface area contributed by atoms with E-state index in [1.807, 2.05) is 74.2 Å². The van der Waals surface area contributed by atoms with Gasteiger partial charge in [0, 0.05) is 95.0 Å². The summed E-state index contributed by atoms with van der Waals surface area (Å²) in [7, 11) is 5.99. The second-order valence-electron chi connectivity index (χ2n) is 24.7. The van der Waals surface area contributed by atoms with E-state index in [9.17, 15) is 24.3 Å². The molecule has 1 amide bonds. The Hall–Kier alpha value is -8.59. The molecule has 0 atom stereocenters. The number of hydrogen-bond acceptors (Lipinski definition) is 10. The number of carboxylic acids is 2. The molecule has 0 unspecified atom stereocenters. The number of aromatic nitrogens is 9. The minimum atomic E-state index is -0.985. The molecular formula is C71H74Br2N11O7+. The lowest BCUT2D eigenvalue weighted by molar-refractivity contribution is -0.658. The number of carbonyl (C=O) groups excluding carboxylic acids is 2. The predicted octanol–water partition coefficient (Wildman–Crippen LogP) is 14.4. The second kappa shape index (κ2) is 26.0. The Morgan fingerprint density at radius 3 is 1.70 bits per heavy atom. The molecule has 10 aromatic rings. The average molecular weight is 1350 g/mol. The summed E-state index contributed by atoms with van der Waals surface area (Å²) in [4.78, 5) is 73.0. The quantitative estimate of drug-likeness (QED) is 0.0338. The maximum Gasteiger partial charge on any atom is 0.335 e. The van der Waals surface area contributed by atoms with Crippen LogP contribution in [-0.4, -0.2) is 79.7 Å². The zero-order valence-corrected chi connectivity index (χ0v) is 54.9.